The zero-order chi connectivity index (χ0) is 29.4. The number of benzene rings is 4. The number of amides is 3. The van der Waals surface area contributed by atoms with Gasteiger partial charge in [-0.15, -0.1) is 0 Å². The molecule has 210 valence electrons. The van der Waals surface area contributed by atoms with Crippen molar-refractivity contribution in [2.75, 3.05) is 24.1 Å². The number of nitrogens with zero attached hydrogens (tertiary/aromatic N) is 1. The van der Waals surface area contributed by atoms with Crippen LogP contribution in [0.3, 0.4) is 0 Å². The zero-order valence-corrected chi connectivity index (χ0v) is 22.2. The van der Waals surface area contributed by atoms with E-state index in [1.807, 2.05) is 0 Å². The van der Waals surface area contributed by atoms with Gasteiger partial charge >= 0.3 is 0 Å². The number of rotatable bonds is 11. The van der Waals surface area contributed by atoms with Crippen LogP contribution in [0.25, 0.3) is 0 Å². The summed E-state index contributed by atoms with van der Waals surface area (Å²) in [5, 5.41) is 2.73. The second kappa shape index (κ2) is 13.3. The molecule has 4 aromatic rings. The molecule has 5 N–H and O–H groups in total. The Bertz CT molecular complexity index is 1460. The first kappa shape index (κ1) is 28.9. The van der Waals surface area contributed by atoms with Crippen LogP contribution in [0.5, 0.6) is 0 Å². The van der Waals surface area contributed by atoms with Gasteiger partial charge in [-0.3, -0.25) is 14.4 Å². The maximum Gasteiger partial charge on any atom is 0.255 e. The molecule has 0 aliphatic carbocycles. The van der Waals surface area contributed by atoms with E-state index in [1.165, 1.54) is 53.4 Å². The van der Waals surface area contributed by atoms with E-state index in [0.717, 1.165) is 11.1 Å². The van der Waals surface area contributed by atoms with Crippen LogP contribution in [0.15, 0.2) is 97.1 Å². The van der Waals surface area contributed by atoms with Crippen LogP contribution in [0, 0.1) is 11.6 Å². The topological polar surface area (TPSA) is 119 Å². The molecule has 4 rings (SSSR count). The van der Waals surface area contributed by atoms with Crippen LogP contribution in [0.1, 0.15) is 33.0 Å². The Labute approximate surface area is 236 Å². The molecule has 7 nitrogen and oxygen atoms in total. The molecule has 0 saturated carbocycles. The van der Waals surface area contributed by atoms with Gasteiger partial charge in [0.2, 0.25) is 11.8 Å². The molecule has 0 radical (unpaired) electrons. The Morgan fingerprint density at radius 1 is 0.732 bits per heavy atom. The summed E-state index contributed by atoms with van der Waals surface area (Å²) >= 11 is 0. The Balaban J connectivity index is 1.52. The van der Waals surface area contributed by atoms with Gasteiger partial charge in [0.25, 0.3) is 5.91 Å². The van der Waals surface area contributed by atoms with Gasteiger partial charge in [-0.25, -0.2) is 8.78 Å². The van der Waals surface area contributed by atoms with Crippen LogP contribution in [-0.2, 0) is 22.4 Å². The number of hydrogen-bond donors (Lipinski definition) is 3. The third-order valence-electron chi connectivity index (χ3n) is 6.73. The van der Waals surface area contributed by atoms with Crippen molar-refractivity contribution in [3.63, 3.8) is 0 Å². The number of nitrogens with one attached hydrogen (secondary N) is 1. The fraction of sp³-hybridized carbons (Fsp3) is 0.156. The van der Waals surface area contributed by atoms with Gasteiger partial charge in [0.15, 0.2) is 0 Å². The standard InChI is InChI=1S/C32H30F2N4O3/c33-25-13-5-21(6-14-25)17-19-38(20-18-22-7-15-26(34)16-8-22)32(41)29(30(36)39)23-9-11-24(12-10-23)31(40)37-28-4-2-1-3-27(28)35/h1-16,29H,17-20,35H2,(H2,36,39)(H,37,40). The van der Waals surface area contributed by atoms with Gasteiger partial charge in [-0.2, -0.15) is 0 Å². The quantitative estimate of drug-likeness (QED) is 0.184. The fourth-order valence-electron chi connectivity index (χ4n) is 4.41. The summed E-state index contributed by atoms with van der Waals surface area (Å²) in [5.74, 6) is -3.77. The van der Waals surface area contributed by atoms with E-state index in [2.05, 4.69) is 5.32 Å². The normalized spacial score (nSPS) is 11.5. The van der Waals surface area contributed by atoms with E-state index in [1.54, 1.807) is 48.5 Å². The smallest absolute Gasteiger partial charge is 0.255 e. The second-order valence-corrected chi connectivity index (χ2v) is 9.58. The highest BCUT2D eigenvalue weighted by Gasteiger charge is 2.31. The van der Waals surface area contributed by atoms with Crippen molar-refractivity contribution in [2.24, 2.45) is 5.73 Å². The summed E-state index contributed by atoms with van der Waals surface area (Å²) < 4.78 is 26.7. The minimum Gasteiger partial charge on any atom is -0.397 e. The van der Waals surface area contributed by atoms with Gasteiger partial charge in [0.1, 0.15) is 17.6 Å². The van der Waals surface area contributed by atoms with Crippen molar-refractivity contribution in [1.29, 1.82) is 0 Å². The van der Waals surface area contributed by atoms with Crippen LogP contribution in [0.4, 0.5) is 20.2 Å². The molecule has 0 aromatic heterocycles. The summed E-state index contributed by atoms with van der Waals surface area (Å²) in [6.45, 7) is 0.489. The molecule has 0 fully saturated rings. The van der Waals surface area contributed by atoms with Crippen molar-refractivity contribution in [3.05, 3.63) is 131 Å². The summed E-state index contributed by atoms with van der Waals surface area (Å²) in [4.78, 5) is 40.6. The third-order valence-corrected chi connectivity index (χ3v) is 6.73. The van der Waals surface area contributed by atoms with E-state index >= 15 is 0 Å². The maximum absolute atomic E-state index is 13.7. The SMILES string of the molecule is NC(=O)C(C(=O)N(CCc1ccc(F)cc1)CCc1ccc(F)cc1)c1ccc(C(=O)Nc2ccccc2N)cc1. The van der Waals surface area contributed by atoms with Crippen molar-refractivity contribution in [3.8, 4) is 0 Å². The number of anilines is 2. The third kappa shape index (κ3) is 7.76. The van der Waals surface area contributed by atoms with Crippen LogP contribution >= 0.6 is 0 Å². The first-order valence-corrected chi connectivity index (χ1v) is 13.0. The fourth-order valence-corrected chi connectivity index (χ4v) is 4.41. The van der Waals surface area contributed by atoms with Gasteiger partial charge in [-0.05, 0) is 78.1 Å². The average molecular weight is 557 g/mol. The molecule has 0 spiro atoms. The van der Waals surface area contributed by atoms with Crippen molar-refractivity contribution >= 4 is 29.1 Å². The number of nitrogen functional groups attached to an aromatic ring is 1. The molecule has 9 heteroatoms. The maximum atomic E-state index is 13.7. The van der Waals surface area contributed by atoms with Gasteiger partial charge < -0.3 is 21.7 Å². The highest BCUT2D eigenvalue weighted by molar-refractivity contribution is 6.07. The molecule has 3 amide bonds. The lowest BCUT2D eigenvalue weighted by Crippen LogP contribution is -2.42. The average Bonchev–Trinajstić information content (AvgIpc) is 2.96. The van der Waals surface area contributed by atoms with Crippen LogP contribution < -0.4 is 16.8 Å². The summed E-state index contributed by atoms with van der Waals surface area (Å²) in [5.41, 5.74) is 14.8. The molecule has 1 atom stereocenters. The highest BCUT2D eigenvalue weighted by Crippen LogP contribution is 2.22. The lowest BCUT2D eigenvalue weighted by atomic mass is 9.95. The lowest BCUT2D eigenvalue weighted by Gasteiger charge is -2.27. The van der Waals surface area contributed by atoms with E-state index in [-0.39, 0.29) is 24.7 Å². The first-order chi connectivity index (χ1) is 19.7. The second-order valence-electron chi connectivity index (χ2n) is 9.58. The number of carbonyl (C=O) groups excluding carboxylic acids is 3. The molecule has 0 heterocycles. The number of para-hydroxylation sites is 2. The van der Waals surface area contributed by atoms with Crippen molar-refractivity contribution < 1.29 is 23.2 Å². The number of nitrogens with two attached hydrogens (primary N) is 2. The highest BCUT2D eigenvalue weighted by atomic mass is 19.1. The minimum absolute atomic E-state index is 0.244. The molecule has 1 unspecified atom stereocenters. The molecule has 0 saturated heterocycles. The molecular weight excluding hydrogens is 526 g/mol. The minimum atomic E-state index is -1.29. The Morgan fingerprint density at radius 2 is 1.24 bits per heavy atom. The number of halogens is 2. The molecule has 4 aromatic carbocycles. The predicted octanol–water partition coefficient (Wildman–Crippen LogP) is 4.68. The molecule has 0 aliphatic rings. The van der Waals surface area contributed by atoms with E-state index < -0.39 is 23.6 Å². The molecule has 0 aliphatic heterocycles. The van der Waals surface area contributed by atoms with Gasteiger partial charge in [0, 0.05) is 18.7 Å². The Kier molecular flexibility index (Phi) is 9.42. The van der Waals surface area contributed by atoms with Gasteiger partial charge in [0.05, 0.1) is 11.4 Å². The largest absolute Gasteiger partial charge is 0.397 e. The van der Waals surface area contributed by atoms with Crippen LogP contribution in [0.2, 0.25) is 0 Å². The summed E-state index contributed by atoms with van der Waals surface area (Å²) in [7, 11) is 0. The predicted molar refractivity (Wildman–Crippen MR) is 154 cm³/mol. The number of primary amides is 1. The van der Waals surface area contributed by atoms with Gasteiger partial charge in [-0.1, -0.05) is 48.5 Å². The molecule has 41 heavy (non-hydrogen) atoms. The monoisotopic (exact) mass is 556 g/mol. The van der Waals surface area contributed by atoms with E-state index in [9.17, 15) is 23.2 Å². The Hall–Kier alpha value is -5.05. The molecule has 0 bridgehead atoms. The van der Waals surface area contributed by atoms with E-state index in [4.69, 9.17) is 11.5 Å². The number of hydrogen-bond acceptors (Lipinski definition) is 4. The van der Waals surface area contributed by atoms with Crippen molar-refractivity contribution in [1.82, 2.24) is 4.90 Å². The number of carbonyl (C=O) groups is 3. The summed E-state index contributed by atoms with van der Waals surface area (Å²) in [6, 6.07) is 24.8. The summed E-state index contributed by atoms with van der Waals surface area (Å²) in [6.07, 6.45) is 0.839. The van der Waals surface area contributed by atoms with E-state index in [0.29, 0.717) is 35.3 Å². The van der Waals surface area contributed by atoms with Crippen LogP contribution in [-0.4, -0.2) is 35.7 Å². The molecular formula is C32H30F2N4O3. The zero-order valence-electron chi connectivity index (χ0n) is 22.2. The Morgan fingerprint density at radius 3 is 1.73 bits per heavy atom. The first-order valence-electron chi connectivity index (χ1n) is 13.0. The van der Waals surface area contributed by atoms with Crippen molar-refractivity contribution in [2.45, 2.75) is 18.8 Å². The lowest BCUT2D eigenvalue weighted by molar-refractivity contribution is -0.137.